The average molecular weight is 305 g/mol. The fourth-order valence-corrected chi connectivity index (χ4v) is 3.09. The summed E-state index contributed by atoms with van der Waals surface area (Å²) in [5.74, 6) is 0. The van der Waals surface area contributed by atoms with Crippen molar-refractivity contribution in [1.29, 1.82) is 0 Å². The number of furan rings is 1. The summed E-state index contributed by atoms with van der Waals surface area (Å²) in [5, 5.41) is 2.08. The van der Waals surface area contributed by atoms with Crippen molar-refractivity contribution in [2.24, 2.45) is 7.05 Å². The first kappa shape index (κ1) is 11.8. The third-order valence-corrected chi connectivity index (χ3v) is 4.32. The van der Waals surface area contributed by atoms with Crippen molar-refractivity contribution in [1.82, 2.24) is 4.98 Å². The molecule has 0 fully saturated rings. The molecule has 0 aliphatic carbocycles. The second-order valence-corrected chi connectivity index (χ2v) is 5.80. The van der Waals surface area contributed by atoms with Crippen molar-refractivity contribution in [2.45, 2.75) is 20.2 Å². The fourth-order valence-electron chi connectivity index (χ4n) is 3.09. The number of nitrogens with zero attached hydrogens (tertiary/aromatic N) is 2. The van der Waals surface area contributed by atoms with E-state index in [0.717, 1.165) is 38.8 Å². The molecule has 0 saturated carbocycles. The third-order valence-electron chi connectivity index (χ3n) is 4.32. The molecule has 3 heteroatoms. The Morgan fingerprint density at radius 2 is 2.04 bits per heavy atom. The Kier molecular flexibility index (Phi) is 2.67. The first-order valence-electron chi connectivity index (χ1n) is 8.62. The van der Waals surface area contributed by atoms with Crippen LogP contribution in [0.2, 0.25) is 0 Å². The van der Waals surface area contributed by atoms with Crippen molar-refractivity contribution >= 4 is 21.9 Å². The first-order valence-corrected chi connectivity index (χ1v) is 7.62. The Morgan fingerprint density at radius 3 is 2.83 bits per heavy atom. The minimum absolute atomic E-state index is 0.660. The number of hydrogen-bond acceptors (Lipinski definition) is 2. The van der Waals surface area contributed by atoms with E-state index >= 15 is 0 Å². The molecule has 4 rings (SSSR count). The van der Waals surface area contributed by atoms with Crippen LogP contribution in [0.4, 0.5) is 0 Å². The minimum Gasteiger partial charge on any atom is -0.456 e. The number of fused-ring (bicyclic) bond motifs is 3. The van der Waals surface area contributed by atoms with Crippen LogP contribution in [0.5, 0.6) is 0 Å². The highest BCUT2D eigenvalue weighted by molar-refractivity contribution is 6.05. The van der Waals surface area contributed by atoms with Gasteiger partial charge in [-0.2, -0.15) is 0 Å². The molecule has 0 aliphatic heterocycles. The molecule has 1 aromatic carbocycles. The van der Waals surface area contributed by atoms with Gasteiger partial charge in [0.15, 0.2) is 6.20 Å². The Labute approximate surface area is 138 Å². The zero-order valence-corrected chi connectivity index (χ0v) is 13.4. The predicted octanol–water partition coefficient (Wildman–Crippen LogP) is 4.34. The van der Waals surface area contributed by atoms with Crippen LogP contribution in [-0.4, -0.2) is 4.98 Å². The van der Waals surface area contributed by atoms with Gasteiger partial charge in [-0.1, -0.05) is 6.92 Å². The second-order valence-electron chi connectivity index (χ2n) is 5.80. The zero-order valence-electron chi connectivity index (χ0n) is 15.4. The van der Waals surface area contributed by atoms with Crippen LogP contribution in [-0.2, 0) is 13.4 Å². The number of aryl methyl sites for hydroxylation is 3. The molecule has 0 saturated heterocycles. The van der Waals surface area contributed by atoms with Crippen molar-refractivity contribution in [2.75, 3.05) is 0 Å². The SMILES string of the molecule is [2H]C([2H])(C)c1ccc(-c2cc3oc4ccncc4c3cc2C)[n+](C)c1. The third kappa shape index (κ3) is 2.20. The summed E-state index contributed by atoms with van der Waals surface area (Å²) in [7, 11) is 1.94. The average Bonchev–Trinajstić information content (AvgIpc) is 2.91. The predicted molar refractivity (Wildman–Crippen MR) is 92.2 cm³/mol. The number of rotatable bonds is 2. The van der Waals surface area contributed by atoms with Gasteiger partial charge in [0, 0.05) is 37.5 Å². The van der Waals surface area contributed by atoms with Crippen LogP contribution in [0.25, 0.3) is 33.2 Å². The maximum absolute atomic E-state index is 7.89. The van der Waals surface area contributed by atoms with E-state index in [2.05, 4.69) is 24.0 Å². The van der Waals surface area contributed by atoms with Gasteiger partial charge in [-0.3, -0.25) is 4.98 Å². The van der Waals surface area contributed by atoms with E-state index in [4.69, 9.17) is 7.16 Å². The van der Waals surface area contributed by atoms with E-state index < -0.39 is 6.37 Å². The number of hydrogen-bond donors (Lipinski definition) is 0. The summed E-state index contributed by atoms with van der Waals surface area (Å²) in [5.41, 5.74) is 5.56. The summed E-state index contributed by atoms with van der Waals surface area (Å²) >= 11 is 0. The van der Waals surface area contributed by atoms with Crippen molar-refractivity contribution in [3.8, 4) is 11.3 Å². The molecule has 114 valence electrons. The Morgan fingerprint density at radius 1 is 1.17 bits per heavy atom. The van der Waals surface area contributed by atoms with Crippen LogP contribution in [0.15, 0.2) is 53.3 Å². The van der Waals surface area contributed by atoms with Gasteiger partial charge in [0.1, 0.15) is 18.2 Å². The molecule has 0 bridgehead atoms. The molecule has 0 spiro atoms. The van der Waals surface area contributed by atoms with Crippen LogP contribution in [0, 0.1) is 6.92 Å². The van der Waals surface area contributed by atoms with E-state index in [1.54, 1.807) is 13.1 Å². The van der Waals surface area contributed by atoms with Crippen molar-refractivity contribution < 1.29 is 11.7 Å². The lowest BCUT2D eigenvalue weighted by atomic mass is 10.0. The van der Waals surface area contributed by atoms with Crippen molar-refractivity contribution in [3.63, 3.8) is 0 Å². The Balaban J connectivity index is 1.92. The monoisotopic (exact) mass is 305 g/mol. The molecule has 0 unspecified atom stereocenters. The molecule has 23 heavy (non-hydrogen) atoms. The van der Waals surface area contributed by atoms with Gasteiger partial charge in [-0.25, -0.2) is 4.57 Å². The van der Waals surface area contributed by atoms with Gasteiger partial charge >= 0.3 is 0 Å². The normalized spacial score (nSPS) is 13.3. The molecule has 3 nitrogen and oxygen atoms in total. The van der Waals surface area contributed by atoms with Gasteiger partial charge in [-0.15, -0.1) is 0 Å². The Bertz CT molecular complexity index is 1110. The Hall–Kier alpha value is -2.68. The highest BCUT2D eigenvalue weighted by Gasteiger charge is 2.16. The number of benzene rings is 1. The highest BCUT2D eigenvalue weighted by Crippen LogP contribution is 2.33. The van der Waals surface area contributed by atoms with Crippen LogP contribution in [0.3, 0.4) is 0 Å². The maximum atomic E-state index is 7.89. The van der Waals surface area contributed by atoms with Gasteiger partial charge in [0.05, 0.1) is 5.56 Å². The van der Waals surface area contributed by atoms with Gasteiger partial charge in [0.25, 0.3) is 0 Å². The molecule has 0 amide bonds. The molecule has 3 aromatic heterocycles. The summed E-state index contributed by atoms with van der Waals surface area (Å²) in [4.78, 5) is 4.19. The minimum atomic E-state index is -1.36. The molecule has 0 radical (unpaired) electrons. The van der Waals surface area contributed by atoms with Gasteiger partial charge in [0.2, 0.25) is 5.69 Å². The largest absolute Gasteiger partial charge is 0.456 e. The second kappa shape index (κ2) is 5.20. The topological polar surface area (TPSA) is 29.9 Å². The van der Waals surface area contributed by atoms with Gasteiger partial charge in [-0.05, 0) is 43.1 Å². The maximum Gasteiger partial charge on any atom is 0.212 e. The lowest BCUT2D eigenvalue weighted by molar-refractivity contribution is -0.660. The molecular weight excluding hydrogens is 284 g/mol. The standard InChI is InChI=1S/C20H19N2O/c1-4-14-5-6-18(22(3)12-14)15-10-20-16(9-13(15)2)17-11-21-8-7-19(17)23-20/h5-12H,4H2,1-3H3/q+1/i4D2. The quantitative estimate of drug-likeness (QED) is 0.516. The van der Waals surface area contributed by atoms with E-state index in [1.807, 2.05) is 42.2 Å². The molecule has 3 heterocycles. The zero-order chi connectivity index (χ0) is 17.8. The van der Waals surface area contributed by atoms with E-state index in [9.17, 15) is 0 Å². The summed E-state index contributed by atoms with van der Waals surface area (Å²) in [6.07, 6.45) is 4.05. The molecular formula is C20H19N2O+. The summed E-state index contributed by atoms with van der Waals surface area (Å²) in [6.45, 7) is 3.65. The van der Waals surface area contributed by atoms with Crippen LogP contribution < -0.4 is 4.57 Å². The van der Waals surface area contributed by atoms with E-state index in [1.165, 1.54) is 0 Å². The van der Waals surface area contributed by atoms with Crippen molar-refractivity contribution in [3.05, 3.63) is 60.0 Å². The lowest BCUT2D eigenvalue weighted by Gasteiger charge is -2.06. The number of pyridine rings is 2. The number of aromatic nitrogens is 2. The first-order chi connectivity index (χ1) is 11.8. The highest BCUT2D eigenvalue weighted by atomic mass is 16.3. The molecule has 0 N–H and O–H groups in total. The molecule has 0 aliphatic rings. The van der Waals surface area contributed by atoms with Crippen LogP contribution in [0.1, 0.15) is 20.8 Å². The lowest BCUT2D eigenvalue weighted by Crippen LogP contribution is -2.31. The van der Waals surface area contributed by atoms with E-state index in [-0.39, 0.29) is 0 Å². The molecule has 4 aromatic rings. The van der Waals surface area contributed by atoms with Gasteiger partial charge < -0.3 is 4.42 Å². The fraction of sp³-hybridized carbons (Fsp3) is 0.200. The molecule has 0 atom stereocenters. The van der Waals surface area contributed by atoms with Crippen LogP contribution >= 0.6 is 0 Å². The smallest absolute Gasteiger partial charge is 0.212 e. The summed E-state index contributed by atoms with van der Waals surface area (Å²) < 4.78 is 23.7. The van der Waals surface area contributed by atoms with E-state index in [0.29, 0.717) is 5.56 Å². The summed E-state index contributed by atoms with van der Waals surface area (Å²) in [6, 6.07) is 9.88.